The van der Waals surface area contributed by atoms with Crippen molar-refractivity contribution in [1.29, 1.82) is 0 Å². The molecule has 146 valence electrons. The number of rotatable bonds is 2. The predicted molar refractivity (Wildman–Crippen MR) is 115 cm³/mol. The van der Waals surface area contributed by atoms with Crippen LogP contribution in [0.2, 0.25) is 0 Å². The van der Waals surface area contributed by atoms with Crippen LogP contribution < -0.4 is 0 Å². The maximum atomic E-state index is 2.65. The van der Waals surface area contributed by atoms with Crippen LogP contribution in [0.4, 0.5) is 0 Å². The van der Waals surface area contributed by atoms with Gasteiger partial charge in [-0.1, -0.05) is 64.5 Å². The third-order valence-electron chi connectivity index (χ3n) is 8.73. The molecule has 0 amide bonds. The van der Waals surface area contributed by atoms with Crippen LogP contribution in [0.5, 0.6) is 0 Å². The van der Waals surface area contributed by atoms with Gasteiger partial charge in [-0.2, -0.15) is 0 Å². The summed E-state index contributed by atoms with van der Waals surface area (Å²) in [4.78, 5) is 0. The van der Waals surface area contributed by atoms with Crippen molar-refractivity contribution in [3.63, 3.8) is 0 Å². The average Bonchev–Trinajstić information content (AvgIpc) is 3.00. The van der Waals surface area contributed by atoms with Gasteiger partial charge in [0.2, 0.25) is 0 Å². The molecule has 6 atom stereocenters. The topological polar surface area (TPSA) is 0 Å². The molecule has 4 aliphatic rings. The van der Waals surface area contributed by atoms with Gasteiger partial charge in [0, 0.05) is 0 Å². The zero-order valence-corrected chi connectivity index (χ0v) is 18.3. The van der Waals surface area contributed by atoms with E-state index in [-0.39, 0.29) is 0 Å². The Labute approximate surface area is 163 Å². The van der Waals surface area contributed by atoms with Crippen molar-refractivity contribution in [3.8, 4) is 0 Å². The van der Waals surface area contributed by atoms with Crippen LogP contribution in [0.1, 0.15) is 92.9 Å². The van der Waals surface area contributed by atoms with Gasteiger partial charge in [0.15, 0.2) is 0 Å². The van der Waals surface area contributed by atoms with Crippen LogP contribution in [0.15, 0.2) is 35.5 Å². The van der Waals surface area contributed by atoms with Gasteiger partial charge in [-0.3, -0.25) is 0 Å². The van der Waals surface area contributed by atoms with Crippen molar-refractivity contribution in [2.45, 2.75) is 92.9 Å². The Balaban J connectivity index is 0.000000948. The highest BCUT2D eigenvalue weighted by molar-refractivity contribution is 5.34. The Hall–Kier alpha value is -0.780. The highest BCUT2D eigenvalue weighted by Gasteiger charge is 2.57. The fourth-order valence-corrected chi connectivity index (χ4v) is 7.51. The summed E-state index contributed by atoms with van der Waals surface area (Å²) >= 11 is 0. The lowest BCUT2D eigenvalue weighted by Crippen LogP contribution is -2.49. The lowest BCUT2D eigenvalue weighted by atomic mass is 9.48. The van der Waals surface area contributed by atoms with Gasteiger partial charge >= 0.3 is 0 Å². The van der Waals surface area contributed by atoms with E-state index in [1.54, 1.807) is 11.1 Å². The zero-order chi connectivity index (χ0) is 18.9. The molecule has 0 nitrogen and oxygen atoms in total. The van der Waals surface area contributed by atoms with Crippen LogP contribution in [-0.4, -0.2) is 0 Å². The predicted octanol–water partition coefficient (Wildman–Crippen LogP) is 8.11. The summed E-state index contributed by atoms with van der Waals surface area (Å²) in [5, 5.41) is 0. The monoisotopic (exact) mass is 354 g/mol. The van der Waals surface area contributed by atoms with E-state index in [1.807, 2.05) is 13.8 Å². The molecule has 0 spiro atoms. The smallest absolute Gasteiger partial charge is 0.00445 e. The van der Waals surface area contributed by atoms with Gasteiger partial charge in [0.05, 0.1) is 0 Å². The van der Waals surface area contributed by atoms with Crippen molar-refractivity contribution >= 4 is 0 Å². The van der Waals surface area contributed by atoms with E-state index >= 15 is 0 Å². The number of hydrogen-bond acceptors (Lipinski definition) is 0. The van der Waals surface area contributed by atoms with Gasteiger partial charge in [-0.05, 0) is 98.4 Å². The minimum atomic E-state index is 0.478. The Morgan fingerprint density at radius 1 is 1.12 bits per heavy atom. The average molecular weight is 355 g/mol. The van der Waals surface area contributed by atoms with E-state index in [0.29, 0.717) is 10.8 Å². The van der Waals surface area contributed by atoms with E-state index < -0.39 is 0 Å². The molecule has 0 aromatic heterocycles. The maximum absolute atomic E-state index is 2.65. The number of allylic oxidation sites excluding steroid dienone is 6. The van der Waals surface area contributed by atoms with Crippen LogP contribution in [0.25, 0.3) is 0 Å². The summed E-state index contributed by atoms with van der Waals surface area (Å²) in [6.45, 7) is 14.0. The Morgan fingerprint density at radius 2 is 1.88 bits per heavy atom. The minimum absolute atomic E-state index is 0.478. The van der Waals surface area contributed by atoms with E-state index in [2.05, 4.69) is 52.0 Å². The fourth-order valence-electron chi connectivity index (χ4n) is 7.51. The fraction of sp³-hybridized carbons (Fsp3) is 0.769. The maximum Gasteiger partial charge on any atom is -0.00445 e. The van der Waals surface area contributed by atoms with Gasteiger partial charge in [-0.15, -0.1) is 0 Å². The molecule has 4 rings (SSSR count). The summed E-state index contributed by atoms with van der Waals surface area (Å²) in [5.74, 6) is 3.70. The van der Waals surface area contributed by atoms with Gasteiger partial charge in [-0.25, -0.2) is 0 Å². The van der Waals surface area contributed by atoms with Crippen molar-refractivity contribution in [2.75, 3.05) is 0 Å². The third kappa shape index (κ3) is 2.96. The molecule has 0 radical (unpaired) electrons. The van der Waals surface area contributed by atoms with Crippen LogP contribution in [0, 0.1) is 34.5 Å². The Kier molecular flexibility index (Phi) is 5.90. The first kappa shape index (κ1) is 20.0. The second kappa shape index (κ2) is 7.69. The summed E-state index contributed by atoms with van der Waals surface area (Å²) in [7, 11) is 0. The molecule has 0 N–H and O–H groups in total. The summed E-state index contributed by atoms with van der Waals surface area (Å²) in [5.41, 5.74) is 4.42. The first-order valence-corrected chi connectivity index (χ1v) is 11.5. The minimum Gasteiger partial charge on any atom is -0.0856 e. The summed E-state index contributed by atoms with van der Waals surface area (Å²) in [6.07, 6.45) is 21.1. The van der Waals surface area contributed by atoms with Crippen molar-refractivity contribution < 1.29 is 0 Å². The molecule has 4 aliphatic carbocycles. The molecule has 0 bridgehead atoms. The number of fused-ring (bicyclic) bond motifs is 5. The molecule has 0 heterocycles. The quantitative estimate of drug-likeness (QED) is 0.439. The molecule has 0 aromatic carbocycles. The van der Waals surface area contributed by atoms with Crippen LogP contribution in [-0.2, 0) is 0 Å². The summed E-state index contributed by atoms with van der Waals surface area (Å²) < 4.78 is 0. The zero-order valence-electron chi connectivity index (χ0n) is 18.3. The molecule has 0 saturated heterocycles. The highest BCUT2D eigenvalue weighted by Crippen LogP contribution is 2.66. The van der Waals surface area contributed by atoms with Gasteiger partial charge < -0.3 is 0 Å². The second-order valence-corrected chi connectivity index (χ2v) is 9.66. The molecular weight excluding hydrogens is 312 g/mol. The largest absolute Gasteiger partial charge is 0.0856 e. The molecule has 26 heavy (non-hydrogen) atoms. The normalized spacial score (nSPS) is 44.2. The molecule has 0 aromatic rings. The van der Waals surface area contributed by atoms with Crippen molar-refractivity contribution in [3.05, 3.63) is 35.5 Å². The van der Waals surface area contributed by atoms with E-state index in [4.69, 9.17) is 0 Å². The molecule has 2 saturated carbocycles. The van der Waals surface area contributed by atoms with Gasteiger partial charge in [0.25, 0.3) is 0 Å². The van der Waals surface area contributed by atoms with Crippen molar-refractivity contribution in [2.24, 2.45) is 34.5 Å². The molecule has 6 unspecified atom stereocenters. The SMILES string of the molecule is CC.CC/C=C(\C)C1CCC2C3CC=C4C=CCCC4(C)C3CCC12C. The summed E-state index contributed by atoms with van der Waals surface area (Å²) in [6, 6.07) is 0. The standard InChI is InChI=1S/C24H36.C2H6/c1-5-8-17(2)20-12-13-21-19-11-10-18-9-6-7-15-23(18,3)22(19)14-16-24(20,21)4;1-2/h6,8-10,19-22H,5,7,11-16H2,1-4H3;1-2H3/b17-8+;. The lowest BCUT2D eigenvalue weighted by molar-refractivity contribution is -0.0300. The van der Waals surface area contributed by atoms with E-state index in [9.17, 15) is 0 Å². The Bertz CT molecular complexity index is 591. The second-order valence-electron chi connectivity index (χ2n) is 9.66. The molecular formula is C26H42. The van der Waals surface area contributed by atoms with E-state index in [1.165, 1.54) is 51.4 Å². The number of hydrogen-bond donors (Lipinski definition) is 0. The first-order chi connectivity index (χ1) is 12.5. The van der Waals surface area contributed by atoms with E-state index in [0.717, 1.165) is 23.7 Å². The molecule has 0 aliphatic heterocycles. The molecule has 2 fully saturated rings. The first-order valence-electron chi connectivity index (χ1n) is 11.5. The third-order valence-corrected chi connectivity index (χ3v) is 8.73. The molecule has 0 heteroatoms. The van der Waals surface area contributed by atoms with Crippen molar-refractivity contribution in [1.82, 2.24) is 0 Å². The highest BCUT2D eigenvalue weighted by atomic mass is 14.6. The van der Waals surface area contributed by atoms with Crippen LogP contribution >= 0.6 is 0 Å². The lowest BCUT2D eigenvalue weighted by Gasteiger charge is -2.57. The Morgan fingerprint density at radius 3 is 2.62 bits per heavy atom. The van der Waals surface area contributed by atoms with Gasteiger partial charge in [0.1, 0.15) is 0 Å². The van der Waals surface area contributed by atoms with Crippen LogP contribution in [0.3, 0.4) is 0 Å².